The van der Waals surface area contributed by atoms with Crippen LogP contribution in [-0.4, -0.2) is 35.9 Å². The van der Waals surface area contributed by atoms with Crippen LogP contribution < -0.4 is 0 Å². The number of phenols is 1. The number of aryl methyl sites for hydroxylation is 1. The Kier molecular flexibility index (Phi) is 9.07. The van der Waals surface area contributed by atoms with Crippen molar-refractivity contribution >= 4 is 24.8 Å². The number of rotatable bonds is 4. The molecule has 0 aliphatic rings. The van der Waals surface area contributed by atoms with Gasteiger partial charge in [-0.15, -0.1) is 0 Å². The number of nitrogens with zero attached hydrogens (tertiary/aromatic N) is 1. The minimum atomic E-state index is -6.38. The van der Waals surface area contributed by atoms with Crippen LogP contribution >= 0.6 is 18.6 Å². The van der Waals surface area contributed by atoms with Crippen LogP contribution in [0.15, 0.2) is 23.2 Å². The molecule has 0 aliphatic carbocycles. The average molecular weight is 436 g/mol. The molecule has 0 bridgehead atoms. The van der Waals surface area contributed by atoms with Crippen molar-refractivity contribution in [3.05, 3.63) is 29.3 Å². The summed E-state index contributed by atoms with van der Waals surface area (Å²) >= 11 is -0.556. The zero-order valence-corrected chi connectivity index (χ0v) is 14.9. The van der Waals surface area contributed by atoms with Crippen LogP contribution in [-0.2, 0) is 17.0 Å². The van der Waals surface area contributed by atoms with Gasteiger partial charge in [0.2, 0.25) is 0 Å². The quantitative estimate of drug-likeness (QED) is 0.387. The Morgan fingerprint density at radius 2 is 1.62 bits per heavy atom. The molecule has 1 aromatic carbocycles. The van der Waals surface area contributed by atoms with E-state index in [0.717, 1.165) is 0 Å². The molecule has 0 radical (unpaired) electrons. The second-order valence-electron chi connectivity index (χ2n) is 4.33. The normalized spacial score (nSPS) is 12.8. The van der Waals surface area contributed by atoms with Gasteiger partial charge in [-0.2, -0.15) is 30.7 Å². The van der Waals surface area contributed by atoms with Gasteiger partial charge in [0.25, 0.3) is 0 Å². The molecule has 1 aromatic rings. The van der Waals surface area contributed by atoms with Gasteiger partial charge in [0.15, 0.2) is 0 Å². The predicted octanol–water partition coefficient (Wildman–Crippen LogP) is 5.33. The predicted molar refractivity (Wildman–Crippen MR) is 73.0 cm³/mol. The van der Waals surface area contributed by atoms with Gasteiger partial charge in [-0.05, 0) is 18.6 Å². The molecule has 24 heavy (non-hydrogen) atoms. The second-order valence-corrected chi connectivity index (χ2v) is 6.91. The third-order valence-electron chi connectivity index (χ3n) is 2.60. The van der Waals surface area contributed by atoms with Crippen LogP contribution in [0.1, 0.15) is 11.1 Å². The van der Waals surface area contributed by atoms with Gasteiger partial charge in [0.05, 0.1) is 0 Å². The van der Waals surface area contributed by atoms with Crippen molar-refractivity contribution in [3.8, 4) is 5.75 Å². The summed E-state index contributed by atoms with van der Waals surface area (Å²) in [7, 11) is 9.78. The number of aliphatic imine (C=N–C) groups is 1. The van der Waals surface area contributed by atoms with Crippen molar-refractivity contribution in [2.75, 3.05) is 6.54 Å². The molecular formula is C12H10Cl2F7NOTi. The van der Waals surface area contributed by atoms with E-state index in [0.29, 0.717) is 11.8 Å². The summed E-state index contributed by atoms with van der Waals surface area (Å²) in [4.78, 5) is 2.88. The average Bonchev–Trinajstić information content (AvgIpc) is 2.43. The summed E-state index contributed by atoms with van der Waals surface area (Å²) in [5, 5.41) is 9.51. The van der Waals surface area contributed by atoms with E-state index in [9.17, 15) is 35.8 Å². The van der Waals surface area contributed by atoms with E-state index in [1.54, 1.807) is 0 Å². The van der Waals surface area contributed by atoms with E-state index < -0.39 is 41.6 Å². The number of para-hydroxylation sites is 1. The number of hydrogen-bond donors (Lipinski definition) is 1. The third kappa shape index (κ3) is 6.09. The number of phenolic OH excluding ortho intramolecular Hbond substituents is 1. The Balaban J connectivity index is 0.00000163. The standard InChI is InChI=1S/C12H10F7NO.2ClH.Ti/c1-7-3-2-4-8(9(7)21)5-20-6-10(13,14)11(15,16)12(17,18)19;;;/h2-5,21H,6H2,1H3;2*1H;/q;;;+2/p-2. The fourth-order valence-electron chi connectivity index (χ4n) is 1.35. The van der Waals surface area contributed by atoms with E-state index in [4.69, 9.17) is 18.6 Å². The molecule has 0 saturated carbocycles. The molecule has 0 aliphatic heterocycles. The number of hydrogen-bond acceptors (Lipinski definition) is 2. The fourth-order valence-corrected chi connectivity index (χ4v) is 1.35. The molecule has 0 fully saturated rings. The van der Waals surface area contributed by atoms with Crippen molar-refractivity contribution in [3.63, 3.8) is 0 Å². The number of alkyl halides is 7. The monoisotopic (exact) mass is 435 g/mol. The Hall–Kier alpha value is -0.506. The molecular weight excluding hydrogens is 426 g/mol. The van der Waals surface area contributed by atoms with Crippen molar-refractivity contribution < 1.29 is 52.9 Å². The second kappa shape index (κ2) is 9.26. The SMILES string of the molecule is Cc1cccc(C=NCC(F)(F)C(F)(F)C(F)(F)F)c1O.[Cl][Ti][Cl]. The van der Waals surface area contributed by atoms with Gasteiger partial charge in [0.1, 0.15) is 12.3 Å². The van der Waals surface area contributed by atoms with Crippen molar-refractivity contribution in [1.82, 2.24) is 0 Å². The number of halogens is 9. The van der Waals surface area contributed by atoms with Gasteiger partial charge in [0, 0.05) is 11.8 Å². The maximum absolute atomic E-state index is 12.9. The first-order chi connectivity index (χ1) is 10.8. The third-order valence-corrected chi connectivity index (χ3v) is 2.60. The molecule has 0 heterocycles. The Morgan fingerprint density at radius 3 is 2.08 bits per heavy atom. The molecule has 2 nitrogen and oxygen atoms in total. The summed E-state index contributed by atoms with van der Waals surface area (Å²) in [5.41, 5.74) is 0.299. The zero-order valence-electron chi connectivity index (χ0n) is 11.8. The van der Waals surface area contributed by atoms with E-state index in [-0.39, 0.29) is 11.3 Å². The molecule has 12 heteroatoms. The molecule has 0 amide bonds. The molecule has 0 aromatic heterocycles. The Bertz CT molecular complexity index is 567. The molecule has 1 N–H and O–H groups in total. The van der Waals surface area contributed by atoms with Crippen LogP contribution in [0.5, 0.6) is 5.75 Å². The first kappa shape index (κ1) is 23.5. The zero-order chi connectivity index (χ0) is 19.2. The molecule has 1 rings (SSSR count). The number of benzene rings is 1. The Labute approximate surface area is 149 Å². The minimum absolute atomic E-state index is 0.0684. The van der Waals surface area contributed by atoms with Gasteiger partial charge < -0.3 is 5.11 Å². The topological polar surface area (TPSA) is 32.6 Å². The fraction of sp³-hybridized carbons (Fsp3) is 0.417. The molecule has 136 valence electrons. The van der Waals surface area contributed by atoms with Crippen molar-refractivity contribution in [1.29, 1.82) is 0 Å². The van der Waals surface area contributed by atoms with Gasteiger partial charge in [-0.25, -0.2) is 0 Å². The van der Waals surface area contributed by atoms with E-state index >= 15 is 0 Å². The van der Waals surface area contributed by atoms with Crippen LogP contribution in [0.25, 0.3) is 0 Å². The molecule has 0 saturated heterocycles. The first-order valence-corrected chi connectivity index (χ1v) is 10.2. The van der Waals surface area contributed by atoms with Crippen LogP contribution in [0.2, 0.25) is 0 Å². The van der Waals surface area contributed by atoms with E-state index in [2.05, 4.69) is 4.99 Å². The molecule has 0 atom stereocenters. The molecule has 0 unspecified atom stereocenters. The van der Waals surface area contributed by atoms with Crippen LogP contribution in [0, 0.1) is 6.92 Å². The summed E-state index contributed by atoms with van der Waals surface area (Å²) < 4.78 is 86.6. The molecule has 0 spiro atoms. The van der Waals surface area contributed by atoms with Gasteiger partial charge in [-0.3, -0.25) is 4.99 Å². The van der Waals surface area contributed by atoms with Crippen LogP contribution in [0.3, 0.4) is 0 Å². The van der Waals surface area contributed by atoms with E-state index in [1.807, 2.05) is 0 Å². The maximum atomic E-state index is 12.9. The first-order valence-electron chi connectivity index (χ1n) is 5.89. The summed E-state index contributed by atoms with van der Waals surface area (Å²) in [6, 6.07) is 4.16. The number of aromatic hydroxyl groups is 1. The Morgan fingerprint density at radius 1 is 1.12 bits per heavy atom. The van der Waals surface area contributed by atoms with Crippen LogP contribution in [0.4, 0.5) is 30.7 Å². The van der Waals surface area contributed by atoms with Gasteiger partial charge >= 0.3 is 53.7 Å². The van der Waals surface area contributed by atoms with E-state index in [1.165, 1.54) is 25.1 Å². The van der Waals surface area contributed by atoms with Gasteiger partial charge in [-0.1, -0.05) is 12.1 Å². The summed E-state index contributed by atoms with van der Waals surface area (Å²) in [6.45, 7) is -0.577. The summed E-state index contributed by atoms with van der Waals surface area (Å²) in [6.07, 6.45) is -5.76. The summed E-state index contributed by atoms with van der Waals surface area (Å²) in [5.74, 6) is -11.9. The van der Waals surface area contributed by atoms with Crippen molar-refractivity contribution in [2.24, 2.45) is 4.99 Å². The van der Waals surface area contributed by atoms with Crippen molar-refractivity contribution in [2.45, 2.75) is 24.9 Å².